The van der Waals surface area contributed by atoms with Crippen LogP contribution >= 0.6 is 0 Å². The molecule has 0 amide bonds. The molecule has 12 atom stereocenters. The third-order valence-electron chi connectivity index (χ3n) is 8.62. The highest BCUT2D eigenvalue weighted by Gasteiger charge is 2.52. The van der Waals surface area contributed by atoms with E-state index in [0.29, 0.717) is 24.2 Å². The molecule has 4 aliphatic heterocycles. The van der Waals surface area contributed by atoms with Gasteiger partial charge in [-0.1, -0.05) is 25.7 Å². The fourth-order valence-electron chi connectivity index (χ4n) is 7.08. The van der Waals surface area contributed by atoms with E-state index >= 15 is 0 Å². The van der Waals surface area contributed by atoms with Crippen LogP contribution < -0.4 is 21.3 Å². The number of hydrogen-bond acceptors (Lipinski definition) is 8. The third-order valence-corrected chi connectivity index (χ3v) is 8.62. The van der Waals surface area contributed by atoms with Crippen molar-refractivity contribution in [3.63, 3.8) is 0 Å². The van der Waals surface area contributed by atoms with E-state index < -0.39 is 0 Å². The Morgan fingerprint density at radius 2 is 0.667 bits per heavy atom. The van der Waals surface area contributed by atoms with Gasteiger partial charge in [-0.05, 0) is 38.5 Å². The molecule has 0 bridgehead atoms. The molecule has 4 heterocycles. The van der Waals surface area contributed by atoms with E-state index in [1.807, 2.05) is 0 Å². The zero-order valence-electron chi connectivity index (χ0n) is 17.6. The molecule has 3 aliphatic carbocycles. The third kappa shape index (κ3) is 3.27. The van der Waals surface area contributed by atoms with Crippen molar-refractivity contribution in [3.8, 4) is 0 Å². The zero-order valence-corrected chi connectivity index (χ0v) is 17.6. The first-order chi connectivity index (χ1) is 14.8. The van der Waals surface area contributed by atoms with Crippen molar-refractivity contribution >= 4 is 0 Å². The Morgan fingerprint density at radius 1 is 0.400 bits per heavy atom. The number of nitrogens with one attached hydrogen (secondary N) is 4. The molecule has 7 aliphatic rings. The molecule has 30 heavy (non-hydrogen) atoms. The lowest BCUT2D eigenvalue weighted by Crippen LogP contribution is -2.78. The molecule has 3 saturated carbocycles. The molecule has 7 rings (SSSR count). The van der Waals surface area contributed by atoms with Crippen LogP contribution in [0, 0.1) is 0 Å². The van der Waals surface area contributed by atoms with Crippen molar-refractivity contribution in [3.05, 3.63) is 0 Å². The number of rotatable bonds is 0. The highest BCUT2D eigenvalue weighted by atomic mass is 16.6. The van der Waals surface area contributed by atoms with Crippen LogP contribution in [0.4, 0.5) is 0 Å². The average Bonchev–Trinajstić information content (AvgIpc) is 2.77. The summed E-state index contributed by atoms with van der Waals surface area (Å²) in [6, 6.07) is 1.53. The summed E-state index contributed by atoms with van der Waals surface area (Å²) in [7, 11) is 0. The van der Waals surface area contributed by atoms with Crippen LogP contribution in [0.2, 0.25) is 0 Å². The smallest absolute Gasteiger partial charge is 0.148 e. The Kier molecular flexibility index (Phi) is 4.87. The fourth-order valence-corrected chi connectivity index (χ4v) is 7.08. The highest BCUT2D eigenvalue weighted by molar-refractivity contribution is 5.07. The monoisotopic (exact) mass is 420 g/mol. The second-order valence-electron chi connectivity index (χ2n) is 10.5. The van der Waals surface area contributed by atoms with Crippen LogP contribution in [-0.4, -0.2) is 73.5 Å². The molecular weight excluding hydrogens is 384 g/mol. The van der Waals surface area contributed by atoms with Gasteiger partial charge in [0.15, 0.2) is 0 Å². The molecule has 4 saturated heterocycles. The topological polar surface area (TPSA) is 85.0 Å². The molecule has 0 spiro atoms. The predicted molar refractivity (Wildman–Crippen MR) is 109 cm³/mol. The standard InChI is InChI=1S/C22H36N4O4/c1-2-6-16-15(5-1)27-19-20(28-16)24-12-10-14-13(9-11(12)23-19)25-21-22(26-14)30-18-8-4-3-7-17(18)29-21/h11-26H,1-10H2. The summed E-state index contributed by atoms with van der Waals surface area (Å²) in [6.07, 6.45) is 12.5. The van der Waals surface area contributed by atoms with Crippen LogP contribution in [-0.2, 0) is 18.9 Å². The van der Waals surface area contributed by atoms with Gasteiger partial charge in [0.1, 0.15) is 24.9 Å². The Labute approximate surface area is 178 Å². The highest BCUT2D eigenvalue weighted by Crippen LogP contribution is 2.36. The van der Waals surface area contributed by atoms with E-state index in [1.165, 1.54) is 25.7 Å². The van der Waals surface area contributed by atoms with E-state index in [9.17, 15) is 0 Å². The van der Waals surface area contributed by atoms with Gasteiger partial charge in [0, 0.05) is 24.2 Å². The number of ether oxygens (including phenoxy) is 4. The van der Waals surface area contributed by atoms with E-state index in [-0.39, 0.29) is 49.3 Å². The average molecular weight is 421 g/mol. The lowest BCUT2D eigenvalue weighted by atomic mass is 9.80. The van der Waals surface area contributed by atoms with Gasteiger partial charge in [-0.15, -0.1) is 0 Å². The summed E-state index contributed by atoms with van der Waals surface area (Å²) >= 11 is 0. The largest absolute Gasteiger partial charge is 0.353 e. The maximum Gasteiger partial charge on any atom is 0.148 e. The SMILES string of the molecule is C1CCC2OC3NC4CC5NC6OC7CCCCC7OC6NC5CC4NC3OC2C1. The first-order valence-corrected chi connectivity index (χ1v) is 12.5. The van der Waals surface area contributed by atoms with Crippen molar-refractivity contribution in [1.82, 2.24) is 21.3 Å². The Hall–Kier alpha value is -0.320. The maximum atomic E-state index is 6.45. The first kappa shape index (κ1) is 19.2. The second kappa shape index (κ2) is 7.63. The van der Waals surface area contributed by atoms with Crippen molar-refractivity contribution < 1.29 is 18.9 Å². The van der Waals surface area contributed by atoms with Crippen molar-refractivity contribution in [2.75, 3.05) is 0 Å². The van der Waals surface area contributed by atoms with E-state index in [1.54, 1.807) is 0 Å². The molecule has 7 fully saturated rings. The summed E-state index contributed by atoms with van der Waals surface area (Å²) in [5.41, 5.74) is 0. The van der Waals surface area contributed by atoms with Crippen LogP contribution in [0.3, 0.4) is 0 Å². The zero-order chi connectivity index (χ0) is 19.7. The maximum absolute atomic E-state index is 6.45. The summed E-state index contributed by atoms with van der Waals surface area (Å²) < 4.78 is 25.8. The molecule has 12 unspecified atom stereocenters. The normalized spacial score (nSPS) is 57.6. The fraction of sp³-hybridized carbons (Fsp3) is 1.00. The van der Waals surface area contributed by atoms with E-state index in [0.717, 1.165) is 38.5 Å². The summed E-state index contributed by atoms with van der Waals surface area (Å²) in [5.74, 6) is 0. The minimum Gasteiger partial charge on any atom is -0.353 e. The van der Waals surface area contributed by atoms with Crippen LogP contribution in [0.1, 0.15) is 64.2 Å². The quantitative estimate of drug-likeness (QED) is 0.455. The molecule has 8 nitrogen and oxygen atoms in total. The van der Waals surface area contributed by atoms with Crippen LogP contribution in [0.15, 0.2) is 0 Å². The van der Waals surface area contributed by atoms with Gasteiger partial charge in [0.05, 0.1) is 24.4 Å². The molecule has 0 aromatic carbocycles. The number of hydrogen-bond donors (Lipinski definition) is 4. The van der Waals surface area contributed by atoms with Gasteiger partial charge in [-0.3, -0.25) is 21.3 Å². The van der Waals surface area contributed by atoms with Gasteiger partial charge in [0.25, 0.3) is 0 Å². The molecule has 0 aromatic rings. The van der Waals surface area contributed by atoms with Crippen molar-refractivity contribution in [2.45, 2.75) is 138 Å². The van der Waals surface area contributed by atoms with Gasteiger partial charge in [-0.2, -0.15) is 0 Å². The predicted octanol–water partition coefficient (Wildman–Crippen LogP) is 0.661. The second-order valence-corrected chi connectivity index (χ2v) is 10.5. The van der Waals surface area contributed by atoms with Gasteiger partial charge in [0.2, 0.25) is 0 Å². The molecule has 0 aromatic heterocycles. The van der Waals surface area contributed by atoms with Crippen LogP contribution in [0.5, 0.6) is 0 Å². The molecule has 4 N–H and O–H groups in total. The first-order valence-electron chi connectivity index (χ1n) is 12.5. The molecule has 0 radical (unpaired) electrons. The molecule has 168 valence electrons. The molecule has 8 heteroatoms. The van der Waals surface area contributed by atoms with Crippen molar-refractivity contribution in [2.24, 2.45) is 0 Å². The lowest BCUT2D eigenvalue weighted by molar-refractivity contribution is -0.271. The van der Waals surface area contributed by atoms with Crippen LogP contribution in [0.25, 0.3) is 0 Å². The summed E-state index contributed by atoms with van der Waals surface area (Å²) in [4.78, 5) is 0. The van der Waals surface area contributed by atoms with Crippen molar-refractivity contribution in [1.29, 1.82) is 0 Å². The van der Waals surface area contributed by atoms with Gasteiger partial charge in [-0.25, -0.2) is 0 Å². The van der Waals surface area contributed by atoms with Gasteiger partial charge >= 0.3 is 0 Å². The van der Waals surface area contributed by atoms with Gasteiger partial charge < -0.3 is 18.9 Å². The summed E-state index contributed by atoms with van der Waals surface area (Å²) in [6.45, 7) is 0. The lowest BCUT2D eigenvalue weighted by Gasteiger charge is -2.56. The minimum atomic E-state index is -0.0382. The molecular formula is C22H36N4O4. The van der Waals surface area contributed by atoms with E-state index in [2.05, 4.69) is 21.3 Å². The summed E-state index contributed by atoms with van der Waals surface area (Å²) in [5, 5.41) is 15.2. The Bertz CT molecular complexity index is 549. The minimum absolute atomic E-state index is 0.0382. The van der Waals surface area contributed by atoms with E-state index in [4.69, 9.17) is 18.9 Å². The number of fused-ring (bicyclic) bond motifs is 6. The number of piperazine rings is 2. The Balaban J connectivity index is 1.03. The Morgan fingerprint density at radius 3 is 0.933 bits per heavy atom.